The summed E-state index contributed by atoms with van der Waals surface area (Å²) in [7, 11) is -3.39. The Hall–Kier alpha value is -2.30. The van der Waals surface area contributed by atoms with E-state index in [2.05, 4.69) is 10.3 Å². The number of nitrogens with one attached hydrogen (secondary N) is 1. The zero-order chi connectivity index (χ0) is 19.6. The van der Waals surface area contributed by atoms with Gasteiger partial charge in [0.05, 0.1) is 28.4 Å². The van der Waals surface area contributed by atoms with E-state index in [1.807, 2.05) is 13.8 Å². The third-order valence-corrected chi connectivity index (χ3v) is 6.13. The van der Waals surface area contributed by atoms with Crippen LogP contribution >= 0.6 is 0 Å². The summed E-state index contributed by atoms with van der Waals surface area (Å²) in [4.78, 5) is 14.7. The van der Waals surface area contributed by atoms with Crippen LogP contribution in [0.3, 0.4) is 0 Å². The average molecular weight is 394 g/mol. The number of anilines is 1. The Kier molecular flexibility index (Phi) is 5.59. The van der Waals surface area contributed by atoms with Gasteiger partial charge in [0, 0.05) is 37.2 Å². The van der Waals surface area contributed by atoms with Gasteiger partial charge in [-0.15, -0.1) is 0 Å². The number of benzene rings is 1. The summed E-state index contributed by atoms with van der Waals surface area (Å²) in [5.74, 6) is 0.474. The van der Waals surface area contributed by atoms with Gasteiger partial charge in [0.25, 0.3) is 5.69 Å². The van der Waals surface area contributed by atoms with E-state index in [1.54, 1.807) is 18.2 Å². The first kappa shape index (κ1) is 19.5. The third-order valence-electron chi connectivity index (χ3n) is 4.33. The smallest absolute Gasteiger partial charge is 0.270 e. The molecule has 3 rings (SSSR count). The molecule has 0 saturated carbocycles. The Balaban J connectivity index is 1.62. The van der Waals surface area contributed by atoms with Gasteiger partial charge in [-0.25, -0.2) is 13.4 Å². The lowest BCUT2D eigenvalue weighted by molar-refractivity contribution is -0.384. The Labute approximate surface area is 157 Å². The molecule has 0 unspecified atom stereocenters. The van der Waals surface area contributed by atoms with Gasteiger partial charge < -0.3 is 10.1 Å². The van der Waals surface area contributed by atoms with Crippen LogP contribution in [0.5, 0.6) is 0 Å². The maximum absolute atomic E-state index is 12.5. The van der Waals surface area contributed by atoms with Crippen LogP contribution in [0.1, 0.15) is 13.8 Å². The maximum Gasteiger partial charge on any atom is 0.270 e. The minimum atomic E-state index is -3.39. The minimum Gasteiger partial charge on any atom is -0.373 e. The number of nitro groups is 1. The van der Waals surface area contributed by atoms with Crippen LogP contribution in [0, 0.1) is 10.1 Å². The molecule has 1 saturated heterocycles. The molecule has 1 aromatic carbocycles. The van der Waals surface area contributed by atoms with Gasteiger partial charge in [-0.1, -0.05) is 0 Å². The van der Waals surface area contributed by atoms with E-state index in [0.717, 1.165) is 0 Å². The van der Waals surface area contributed by atoms with Crippen LogP contribution < -0.4 is 5.32 Å². The van der Waals surface area contributed by atoms with Gasteiger partial charge in [0.1, 0.15) is 5.82 Å². The summed E-state index contributed by atoms with van der Waals surface area (Å²) in [5.41, 5.74) is 0.606. The van der Waals surface area contributed by atoms with Crippen LogP contribution in [-0.2, 0) is 14.8 Å². The Bertz CT molecular complexity index is 939. The number of aromatic nitrogens is 1. The first-order valence-corrected chi connectivity index (χ1v) is 10.3. The maximum atomic E-state index is 12.5. The van der Waals surface area contributed by atoms with Crippen LogP contribution in [0.4, 0.5) is 11.5 Å². The molecule has 10 heteroatoms. The number of nitro benzene ring substituents is 1. The molecule has 1 aromatic heterocycles. The average Bonchev–Trinajstić information content (AvgIpc) is 2.60. The topological polar surface area (TPSA) is 115 Å². The van der Waals surface area contributed by atoms with Gasteiger partial charge in [0.2, 0.25) is 10.0 Å². The van der Waals surface area contributed by atoms with Crippen molar-refractivity contribution in [3.63, 3.8) is 0 Å². The predicted octanol–water partition coefficient (Wildman–Crippen LogP) is 1.99. The number of pyridine rings is 1. The molecule has 146 valence electrons. The highest BCUT2D eigenvalue weighted by Crippen LogP contribution is 2.21. The van der Waals surface area contributed by atoms with Crippen molar-refractivity contribution in [2.24, 2.45) is 0 Å². The fourth-order valence-corrected chi connectivity index (χ4v) is 4.61. The summed E-state index contributed by atoms with van der Waals surface area (Å²) in [6, 6.07) is 7.82. The van der Waals surface area contributed by atoms with E-state index in [1.165, 1.54) is 16.4 Å². The molecule has 0 amide bonds. The van der Waals surface area contributed by atoms with E-state index >= 15 is 0 Å². The molecule has 1 aliphatic rings. The molecular formula is C17H22N4O5S. The molecule has 2 heterocycles. The largest absolute Gasteiger partial charge is 0.373 e. The highest BCUT2D eigenvalue weighted by Gasteiger charge is 2.30. The van der Waals surface area contributed by atoms with Crippen LogP contribution in [0.25, 0.3) is 10.9 Å². The molecule has 1 fully saturated rings. The van der Waals surface area contributed by atoms with Gasteiger partial charge in [-0.05, 0) is 32.0 Å². The number of hydrogen-bond acceptors (Lipinski definition) is 7. The zero-order valence-corrected chi connectivity index (χ0v) is 16.0. The number of fused-ring (bicyclic) bond motifs is 1. The lowest BCUT2D eigenvalue weighted by Gasteiger charge is -2.34. The van der Waals surface area contributed by atoms with Crippen LogP contribution in [-0.4, -0.2) is 60.2 Å². The second-order valence-electron chi connectivity index (χ2n) is 6.65. The molecule has 1 aliphatic heterocycles. The van der Waals surface area contributed by atoms with E-state index < -0.39 is 14.9 Å². The monoisotopic (exact) mass is 394 g/mol. The first-order chi connectivity index (χ1) is 12.7. The van der Waals surface area contributed by atoms with E-state index in [-0.39, 0.29) is 30.2 Å². The summed E-state index contributed by atoms with van der Waals surface area (Å²) in [5, 5.41) is 14.5. The molecule has 0 radical (unpaired) electrons. The second kappa shape index (κ2) is 7.75. The van der Waals surface area contributed by atoms with Crippen molar-refractivity contribution in [1.82, 2.24) is 9.29 Å². The Morgan fingerprint density at radius 1 is 1.26 bits per heavy atom. The fraction of sp³-hybridized carbons (Fsp3) is 0.471. The van der Waals surface area contributed by atoms with Crippen molar-refractivity contribution in [2.75, 3.05) is 30.7 Å². The summed E-state index contributed by atoms with van der Waals surface area (Å²) >= 11 is 0. The van der Waals surface area contributed by atoms with E-state index in [9.17, 15) is 18.5 Å². The number of sulfonamides is 1. The second-order valence-corrected chi connectivity index (χ2v) is 8.74. The number of rotatable bonds is 6. The van der Waals surface area contributed by atoms with Crippen molar-refractivity contribution in [3.8, 4) is 0 Å². The van der Waals surface area contributed by atoms with Gasteiger partial charge in [-0.2, -0.15) is 4.31 Å². The SMILES string of the molecule is C[C@@H]1CN(S(=O)(=O)CCNc2ccc3cc([N+](=O)[O-])ccc3n2)C[C@@H](C)O1. The summed E-state index contributed by atoms with van der Waals surface area (Å²) in [6.07, 6.45) is -0.245. The van der Waals surface area contributed by atoms with Gasteiger partial charge in [0.15, 0.2) is 0 Å². The van der Waals surface area contributed by atoms with Gasteiger partial charge in [-0.3, -0.25) is 10.1 Å². The fourth-order valence-electron chi connectivity index (χ4n) is 3.12. The minimum absolute atomic E-state index is 0.00469. The quantitative estimate of drug-likeness (QED) is 0.588. The van der Waals surface area contributed by atoms with Gasteiger partial charge >= 0.3 is 0 Å². The Morgan fingerprint density at radius 3 is 2.63 bits per heavy atom. The number of ether oxygens (including phenoxy) is 1. The zero-order valence-electron chi connectivity index (χ0n) is 15.2. The molecule has 0 aliphatic carbocycles. The Morgan fingerprint density at radius 2 is 1.96 bits per heavy atom. The highest BCUT2D eigenvalue weighted by atomic mass is 32.2. The molecule has 2 atom stereocenters. The molecule has 2 aromatic rings. The molecule has 0 bridgehead atoms. The first-order valence-electron chi connectivity index (χ1n) is 8.67. The number of hydrogen-bond donors (Lipinski definition) is 1. The molecule has 1 N–H and O–H groups in total. The van der Waals surface area contributed by atoms with Crippen molar-refractivity contribution >= 4 is 32.4 Å². The molecule has 0 spiro atoms. The van der Waals surface area contributed by atoms with Crippen molar-refractivity contribution < 1.29 is 18.1 Å². The van der Waals surface area contributed by atoms with Crippen LogP contribution in [0.15, 0.2) is 30.3 Å². The number of non-ortho nitro benzene ring substituents is 1. The lowest BCUT2D eigenvalue weighted by Crippen LogP contribution is -2.49. The van der Waals surface area contributed by atoms with Crippen molar-refractivity contribution in [3.05, 3.63) is 40.4 Å². The lowest BCUT2D eigenvalue weighted by atomic mass is 10.2. The van der Waals surface area contributed by atoms with Crippen molar-refractivity contribution in [1.29, 1.82) is 0 Å². The summed E-state index contributed by atoms with van der Waals surface area (Å²) in [6.45, 7) is 4.66. The third kappa shape index (κ3) is 4.71. The van der Waals surface area contributed by atoms with E-state index in [4.69, 9.17) is 4.74 Å². The molecular weight excluding hydrogens is 372 g/mol. The van der Waals surface area contributed by atoms with E-state index in [0.29, 0.717) is 29.8 Å². The standard InChI is InChI=1S/C17H22N4O5S/c1-12-10-20(11-13(2)26-12)27(24,25)8-7-18-17-6-3-14-9-15(21(22)23)4-5-16(14)19-17/h3-6,9,12-13H,7-8,10-11H2,1-2H3,(H,18,19)/t12-,13-/m1/s1. The number of morpholine rings is 1. The summed E-state index contributed by atoms with van der Waals surface area (Å²) < 4.78 is 32.1. The number of nitrogens with zero attached hydrogens (tertiary/aromatic N) is 3. The normalized spacial score (nSPS) is 21.3. The van der Waals surface area contributed by atoms with Crippen LogP contribution in [0.2, 0.25) is 0 Å². The van der Waals surface area contributed by atoms with Crippen molar-refractivity contribution in [2.45, 2.75) is 26.1 Å². The highest BCUT2D eigenvalue weighted by molar-refractivity contribution is 7.89. The molecule has 27 heavy (non-hydrogen) atoms. The predicted molar refractivity (Wildman–Crippen MR) is 102 cm³/mol. The molecule has 9 nitrogen and oxygen atoms in total.